The lowest BCUT2D eigenvalue weighted by Gasteiger charge is -2.12. The fraction of sp³-hybridized carbons (Fsp3) is 0.357. The van der Waals surface area contributed by atoms with Gasteiger partial charge in [-0.1, -0.05) is 18.2 Å². The van der Waals surface area contributed by atoms with Crippen LogP contribution in [0.1, 0.15) is 17.7 Å². The van der Waals surface area contributed by atoms with Crippen molar-refractivity contribution in [3.8, 4) is 0 Å². The van der Waals surface area contributed by atoms with Gasteiger partial charge in [0, 0.05) is 12.2 Å². The van der Waals surface area contributed by atoms with Crippen LogP contribution < -0.4 is 5.32 Å². The molecule has 0 spiro atoms. The highest BCUT2D eigenvalue weighted by atomic mass is 16.4. The molecule has 2 atom stereocenters. The van der Waals surface area contributed by atoms with Gasteiger partial charge < -0.3 is 10.4 Å². The maximum atomic E-state index is 11.9. The summed E-state index contributed by atoms with van der Waals surface area (Å²) in [5.41, 5.74) is 1.72. The molecule has 1 heterocycles. The molecule has 2 unspecified atom stereocenters. The van der Waals surface area contributed by atoms with Crippen molar-refractivity contribution in [3.05, 3.63) is 41.7 Å². The number of carboxylic acids is 1. The van der Waals surface area contributed by atoms with E-state index < -0.39 is 11.9 Å². The van der Waals surface area contributed by atoms with Crippen LogP contribution in [-0.2, 0) is 16.0 Å². The van der Waals surface area contributed by atoms with E-state index in [1.165, 1.54) is 0 Å². The Morgan fingerprint density at radius 1 is 1.47 bits per heavy atom. The van der Waals surface area contributed by atoms with Crippen molar-refractivity contribution in [1.82, 2.24) is 10.3 Å². The molecule has 2 N–H and O–H groups in total. The number of aromatic nitrogens is 1. The Labute approximate surface area is 111 Å². The van der Waals surface area contributed by atoms with Gasteiger partial charge in [0.25, 0.3) is 0 Å². The molecular formula is C14H16N2O3. The first-order valence-corrected chi connectivity index (χ1v) is 6.17. The van der Waals surface area contributed by atoms with Gasteiger partial charge in [-0.25, -0.2) is 0 Å². The maximum Gasteiger partial charge on any atom is 0.310 e. The van der Waals surface area contributed by atoms with Gasteiger partial charge in [0.05, 0.1) is 18.0 Å². The van der Waals surface area contributed by atoms with Gasteiger partial charge in [0.1, 0.15) is 0 Å². The molecule has 0 aromatic carbocycles. The van der Waals surface area contributed by atoms with E-state index in [0.717, 1.165) is 11.3 Å². The molecule has 5 nitrogen and oxygen atoms in total. The fourth-order valence-electron chi connectivity index (χ4n) is 2.10. The van der Waals surface area contributed by atoms with E-state index in [1.807, 2.05) is 19.1 Å². The van der Waals surface area contributed by atoms with Crippen LogP contribution in [0.2, 0.25) is 0 Å². The Hall–Kier alpha value is -2.17. The monoisotopic (exact) mass is 260 g/mol. The van der Waals surface area contributed by atoms with Gasteiger partial charge in [-0.05, 0) is 25.0 Å². The second-order valence-electron chi connectivity index (χ2n) is 4.68. The number of nitrogens with one attached hydrogen (secondary N) is 1. The van der Waals surface area contributed by atoms with Gasteiger partial charge in [0.2, 0.25) is 5.91 Å². The largest absolute Gasteiger partial charge is 0.481 e. The molecule has 1 aromatic heterocycles. The number of carbonyl (C=O) groups excluding carboxylic acids is 1. The number of hydrogen-bond donors (Lipinski definition) is 2. The van der Waals surface area contributed by atoms with Crippen molar-refractivity contribution in [2.45, 2.75) is 25.8 Å². The average molecular weight is 260 g/mol. The zero-order valence-corrected chi connectivity index (χ0v) is 10.7. The number of pyridine rings is 1. The Kier molecular flexibility index (Phi) is 3.94. The lowest BCUT2D eigenvalue weighted by molar-refractivity contribution is -0.140. The van der Waals surface area contributed by atoms with E-state index in [-0.39, 0.29) is 18.4 Å². The molecular weight excluding hydrogens is 244 g/mol. The van der Waals surface area contributed by atoms with Gasteiger partial charge >= 0.3 is 5.97 Å². The van der Waals surface area contributed by atoms with Crippen LogP contribution in [0, 0.1) is 12.8 Å². The summed E-state index contributed by atoms with van der Waals surface area (Å²) in [5, 5.41) is 11.7. The summed E-state index contributed by atoms with van der Waals surface area (Å²) in [6.07, 6.45) is 5.66. The third-order valence-corrected chi connectivity index (χ3v) is 3.19. The minimum absolute atomic E-state index is 0.137. The van der Waals surface area contributed by atoms with Crippen molar-refractivity contribution >= 4 is 11.9 Å². The topological polar surface area (TPSA) is 79.3 Å². The highest BCUT2D eigenvalue weighted by Gasteiger charge is 2.25. The lowest BCUT2D eigenvalue weighted by Crippen LogP contribution is -2.34. The maximum absolute atomic E-state index is 11.9. The van der Waals surface area contributed by atoms with Crippen LogP contribution in [0.3, 0.4) is 0 Å². The number of nitrogens with zero attached hydrogens (tertiary/aromatic N) is 1. The second-order valence-corrected chi connectivity index (χ2v) is 4.68. The number of carboxylic acid groups (broad SMARTS) is 1. The van der Waals surface area contributed by atoms with E-state index in [2.05, 4.69) is 10.3 Å². The molecule has 19 heavy (non-hydrogen) atoms. The van der Waals surface area contributed by atoms with Crippen molar-refractivity contribution in [3.63, 3.8) is 0 Å². The summed E-state index contributed by atoms with van der Waals surface area (Å²) in [7, 11) is 0. The number of hydrogen-bond acceptors (Lipinski definition) is 3. The smallest absolute Gasteiger partial charge is 0.310 e. The predicted molar refractivity (Wildman–Crippen MR) is 69.5 cm³/mol. The molecule has 2 rings (SSSR count). The number of carbonyl (C=O) groups is 2. The third-order valence-electron chi connectivity index (χ3n) is 3.19. The Morgan fingerprint density at radius 2 is 2.26 bits per heavy atom. The first-order chi connectivity index (χ1) is 9.06. The first kappa shape index (κ1) is 13.3. The Bertz CT molecular complexity index is 525. The van der Waals surface area contributed by atoms with Gasteiger partial charge in [-0.3, -0.25) is 14.6 Å². The molecule has 100 valence electrons. The van der Waals surface area contributed by atoms with E-state index in [9.17, 15) is 9.59 Å². The van der Waals surface area contributed by atoms with E-state index >= 15 is 0 Å². The predicted octanol–water partition coefficient (Wildman–Crippen LogP) is 1.08. The fourth-order valence-corrected chi connectivity index (χ4v) is 2.10. The summed E-state index contributed by atoms with van der Waals surface area (Å²) in [6, 6.07) is 3.54. The second kappa shape index (κ2) is 5.65. The minimum atomic E-state index is -0.853. The standard InChI is InChI=1S/C14H16N2O3/c1-9-3-2-6-15-12(9)8-13(17)16-11-5-4-10(7-11)14(18)19/h2-6,10-11H,7-8H2,1H3,(H,16,17)(H,18,19). The van der Waals surface area contributed by atoms with Crippen molar-refractivity contribution in [2.75, 3.05) is 0 Å². The Balaban J connectivity index is 1.88. The average Bonchev–Trinajstić information content (AvgIpc) is 2.80. The third kappa shape index (κ3) is 3.40. The van der Waals surface area contributed by atoms with Crippen molar-refractivity contribution in [1.29, 1.82) is 0 Å². The van der Waals surface area contributed by atoms with Crippen LogP contribution in [-0.4, -0.2) is 28.0 Å². The highest BCUT2D eigenvalue weighted by Crippen LogP contribution is 2.18. The molecule has 1 aliphatic rings. The molecule has 0 bridgehead atoms. The summed E-state index contributed by atoms with van der Waals surface area (Å²) < 4.78 is 0. The molecule has 0 saturated heterocycles. The van der Waals surface area contributed by atoms with Crippen LogP contribution in [0.5, 0.6) is 0 Å². The van der Waals surface area contributed by atoms with Gasteiger partial charge in [-0.2, -0.15) is 0 Å². The summed E-state index contributed by atoms with van der Waals surface area (Å²) in [6.45, 7) is 1.91. The van der Waals surface area contributed by atoms with Crippen molar-refractivity contribution in [2.24, 2.45) is 5.92 Å². The molecule has 0 aliphatic heterocycles. The molecule has 1 aliphatic carbocycles. The molecule has 0 fully saturated rings. The molecule has 0 saturated carbocycles. The molecule has 0 radical (unpaired) electrons. The van der Waals surface area contributed by atoms with Crippen LogP contribution >= 0.6 is 0 Å². The highest BCUT2D eigenvalue weighted by molar-refractivity contribution is 5.79. The summed E-state index contributed by atoms with van der Waals surface area (Å²) >= 11 is 0. The number of rotatable bonds is 4. The zero-order valence-electron chi connectivity index (χ0n) is 10.7. The summed E-state index contributed by atoms with van der Waals surface area (Å²) in [4.78, 5) is 26.8. The van der Waals surface area contributed by atoms with Crippen LogP contribution in [0.25, 0.3) is 0 Å². The van der Waals surface area contributed by atoms with Gasteiger partial charge in [-0.15, -0.1) is 0 Å². The zero-order chi connectivity index (χ0) is 13.8. The molecule has 1 aromatic rings. The quantitative estimate of drug-likeness (QED) is 0.794. The van der Waals surface area contributed by atoms with Crippen molar-refractivity contribution < 1.29 is 14.7 Å². The Morgan fingerprint density at radius 3 is 2.89 bits per heavy atom. The van der Waals surface area contributed by atoms with E-state index in [4.69, 9.17) is 5.11 Å². The molecule has 5 heteroatoms. The normalized spacial score (nSPS) is 21.3. The number of aliphatic carboxylic acids is 1. The van der Waals surface area contributed by atoms with Crippen LogP contribution in [0.15, 0.2) is 30.5 Å². The number of amides is 1. The van der Waals surface area contributed by atoms with E-state index in [0.29, 0.717) is 6.42 Å². The molecule has 1 amide bonds. The van der Waals surface area contributed by atoms with Crippen LogP contribution in [0.4, 0.5) is 0 Å². The van der Waals surface area contributed by atoms with E-state index in [1.54, 1.807) is 18.3 Å². The first-order valence-electron chi connectivity index (χ1n) is 6.17. The minimum Gasteiger partial charge on any atom is -0.481 e. The summed E-state index contributed by atoms with van der Waals surface area (Å²) in [5.74, 6) is -1.49. The SMILES string of the molecule is Cc1cccnc1CC(=O)NC1C=CC(C(=O)O)C1. The lowest BCUT2D eigenvalue weighted by atomic mass is 10.1. The number of aryl methyl sites for hydroxylation is 1. The van der Waals surface area contributed by atoms with Gasteiger partial charge in [0.15, 0.2) is 0 Å².